The highest BCUT2D eigenvalue weighted by Crippen LogP contribution is 2.37. The van der Waals surface area contributed by atoms with Crippen molar-refractivity contribution >= 4 is 5.91 Å². The van der Waals surface area contributed by atoms with E-state index in [1.807, 2.05) is 6.92 Å². The molecule has 0 saturated heterocycles. The smallest absolute Gasteiger partial charge is 0.352 e. The number of hydrogen-bond donors (Lipinski definition) is 1. The standard InChI is InChI=1S/C18H21F6NO/c1-2-4-12-5-3-6-15(12)16(26)25-10-11-7-13(17(19,20)21)9-14(8-11)18(22,23)24/h7-9,12,15H,2-6,10H2,1H3,(H,25,26)/t12?,15-/m1/s1. The molecule has 2 nitrogen and oxygen atoms in total. The van der Waals surface area contributed by atoms with E-state index in [0.717, 1.165) is 25.7 Å². The van der Waals surface area contributed by atoms with Crippen molar-refractivity contribution in [1.82, 2.24) is 5.32 Å². The highest BCUT2D eigenvalue weighted by Gasteiger charge is 2.37. The Morgan fingerprint density at radius 3 is 2.12 bits per heavy atom. The molecule has 0 aliphatic heterocycles. The monoisotopic (exact) mass is 381 g/mol. The van der Waals surface area contributed by atoms with Crippen LogP contribution in [0.5, 0.6) is 0 Å². The van der Waals surface area contributed by atoms with Crippen molar-refractivity contribution in [3.05, 3.63) is 34.9 Å². The SMILES string of the molecule is CCCC1CCC[C@H]1C(=O)NCc1cc(C(F)(F)F)cc(C(F)(F)F)c1. The van der Waals surface area contributed by atoms with Gasteiger partial charge < -0.3 is 5.32 Å². The Morgan fingerprint density at radius 2 is 1.62 bits per heavy atom. The maximum Gasteiger partial charge on any atom is 0.416 e. The van der Waals surface area contributed by atoms with Crippen molar-refractivity contribution < 1.29 is 31.1 Å². The Hall–Kier alpha value is -1.73. The largest absolute Gasteiger partial charge is 0.416 e. The van der Waals surface area contributed by atoms with E-state index in [2.05, 4.69) is 5.32 Å². The summed E-state index contributed by atoms with van der Waals surface area (Å²) in [5.74, 6) is -0.290. The Labute approximate surface area is 148 Å². The average molecular weight is 381 g/mol. The molecule has 8 heteroatoms. The molecule has 0 radical (unpaired) electrons. The van der Waals surface area contributed by atoms with Crippen LogP contribution in [0, 0.1) is 11.8 Å². The third-order valence-electron chi connectivity index (χ3n) is 4.77. The highest BCUT2D eigenvalue weighted by atomic mass is 19.4. The van der Waals surface area contributed by atoms with E-state index in [0.29, 0.717) is 18.6 Å². The zero-order chi connectivity index (χ0) is 19.5. The Balaban J connectivity index is 2.14. The van der Waals surface area contributed by atoms with E-state index in [4.69, 9.17) is 0 Å². The maximum absolute atomic E-state index is 12.9. The number of hydrogen-bond acceptors (Lipinski definition) is 1. The number of nitrogens with one attached hydrogen (secondary N) is 1. The minimum atomic E-state index is -4.89. The zero-order valence-electron chi connectivity index (χ0n) is 14.3. The minimum absolute atomic E-state index is 0.0829. The molecule has 1 aliphatic rings. The molecule has 1 aromatic carbocycles. The molecule has 26 heavy (non-hydrogen) atoms. The van der Waals surface area contributed by atoms with Crippen LogP contribution in [0.2, 0.25) is 0 Å². The van der Waals surface area contributed by atoms with Gasteiger partial charge in [-0.1, -0.05) is 19.8 Å². The summed E-state index contributed by atoms with van der Waals surface area (Å²) < 4.78 is 77.2. The second-order valence-electron chi connectivity index (χ2n) is 6.72. The van der Waals surface area contributed by atoms with Gasteiger partial charge in [0.05, 0.1) is 11.1 Å². The lowest BCUT2D eigenvalue weighted by Crippen LogP contribution is -2.32. The molecule has 146 valence electrons. The lowest BCUT2D eigenvalue weighted by molar-refractivity contribution is -0.143. The summed E-state index contributed by atoms with van der Waals surface area (Å²) in [5, 5.41) is 2.51. The van der Waals surface area contributed by atoms with Crippen molar-refractivity contribution in [2.24, 2.45) is 11.8 Å². The van der Waals surface area contributed by atoms with Gasteiger partial charge in [-0.15, -0.1) is 0 Å². The molecule has 0 aromatic heterocycles. The van der Waals surface area contributed by atoms with Gasteiger partial charge in [0.15, 0.2) is 0 Å². The fourth-order valence-corrected chi connectivity index (χ4v) is 3.54. The summed E-state index contributed by atoms with van der Waals surface area (Å²) >= 11 is 0. The molecule has 0 bridgehead atoms. The second kappa shape index (κ2) is 7.88. The summed E-state index contributed by atoms with van der Waals surface area (Å²) in [6, 6.07) is 1.38. The van der Waals surface area contributed by atoms with Gasteiger partial charge in [0.2, 0.25) is 5.91 Å². The average Bonchev–Trinajstić information content (AvgIpc) is 2.99. The molecule has 1 saturated carbocycles. The van der Waals surface area contributed by atoms with Crippen LogP contribution >= 0.6 is 0 Å². The molecule has 1 fully saturated rings. The highest BCUT2D eigenvalue weighted by molar-refractivity contribution is 5.79. The maximum atomic E-state index is 12.9. The molecule has 2 rings (SSSR count). The normalized spacial score (nSPS) is 21.0. The Kier molecular flexibility index (Phi) is 6.24. The van der Waals surface area contributed by atoms with Crippen LogP contribution in [0.3, 0.4) is 0 Å². The first-order valence-corrected chi connectivity index (χ1v) is 8.58. The predicted molar refractivity (Wildman–Crippen MR) is 84.0 cm³/mol. The molecule has 0 heterocycles. The van der Waals surface area contributed by atoms with Crippen molar-refractivity contribution in [1.29, 1.82) is 0 Å². The first-order valence-electron chi connectivity index (χ1n) is 8.58. The number of amides is 1. The zero-order valence-corrected chi connectivity index (χ0v) is 14.3. The minimum Gasteiger partial charge on any atom is -0.352 e. The molecule has 1 aliphatic carbocycles. The molecule has 2 atom stereocenters. The lowest BCUT2D eigenvalue weighted by atomic mass is 9.91. The van der Waals surface area contributed by atoms with Crippen LogP contribution in [-0.4, -0.2) is 5.91 Å². The second-order valence-corrected chi connectivity index (χ2v) is 6.72. The fourth-order valence-electron chi connectivity index (χ4n) is 3.54. The molecule has 1 amide bonds. The summed E-state index contributed by atoms with van der Waals surface area (Å²) in [4.78, 5) is 12.3. The number of rotatable bonds is 5. The van der Waals surface area contributed by atoms with E-state index in [9.17, 15) is 31.1 Å². The first kappa shape index (κ1) is 20.6. The van der Waals surface area contributed by atoms with Crippen molar-refractivity contribution in [3.8, 4) is 0 Å². The van der Waals surface area contributed by atoms with Gasteiger partial charge >= 0.3 is 12.4 Å². The predicted octanol–water partition coefficient (Wildman–Crippen LogP) is 5.56. The van der Waals surface area contributed by atoms with Crippen molar-refractivity contribution in [2.75, 3.05) is 0 Å². The van der Waals surface area contributed by atoms with Crippen LogP contribution in [0.4, 0.5) is 26.3 Å². The molecule has 1 unspecified atom stereocenters. The third-order valence-corrected chi connectivity index (χ3v) is 4.77. The van der Waals surface area contributed by atoms with E-state index in [1.165, 1.54) is 0 Å². The van der Waals surface area contributed by atoms with Gasteiger partial charge in [0.1, 0.15) is 0 Å². The topological polar surface area (TPSA) is 29.1 Å². The summed E-state index contributed by atoms with van der Waals surface area (Å²) in [6.45, 7) is 1.65. The van der Waals surface area contributed by atoms with Crippen molar-refractivity contribution in [2.45, 2.75) is 57.9 Å². The van der Waals surface area contributed by atoms with Gasteiger partial charge in [0.25, 0.3) is 0 Å². The molecular weight excluding hydrogens is 360 g/mol. The quantitative estimate of drug-likeness (QED) is 0.665. The Morgan fingerprint density at radius 1 is 1.04 bits per heavy atom. The summed E-state index contributed by atoms with van der Waals surface area (Å²) in [7, 11) is 0. The number of benzene rings is 1. The van der Waals surface area contributed by atoms with E-state index >= 15 is 0 Å². The number of halogens is 6. The molecule has 1 aromatic rings. The van der Waals surface area contributed by atoms with Gasteiger partial charge in [-0.05, 0) is 48.9 Å². The summed E-state index contributed by atoms with van der Waals surface area (Å²) in [5.41, 5.74) is -2.96. The number of carbonyl (C=O) groups is 1. The first-order chi connectivity index (χ1) is 12.0. The van der Waals surface area contributed by atoms with Crippen LogP contribution in [0.25, 0.3) is 0 Å². The number of carbonyl (C=O) groups excluding carboxylic acids is 1. The molecular formula is C18H21F6NO. The van der Waals surface area contributed by atoms with Crippen molar-refractivity contribution in [3.63, 3.8) is 0 Å². The Bertz CT molecular complexity index is 605. The number of alkyl halides is 6. The van der Waals surface area contributed by atoms with Crippen LogP contribution < -0.4 is 5.32 Å². The fraction of sp³-hybridized carbons (Fsp3) is 0.611. The van der Waals surface area contributed by atoms with Gasteiger partial charge in [-0.25, -0.2) is 0 Å². The molecule has 1 N–H and O–H groups in total. The van der Waals surface area contributed by atoms with Crippen LogP contribution in [0.1, 0.15) is 55.7 Å². The third kappa shape index (κ3) is 5.14. The van der Waals surface area contributed by atoms with Gasteiger partial charge in [0, 0.05) is 12.5 Å². The van der Waals surface area contributed by atoms with Gasteiger partial charge in [-0.3, -0.25) is 4.79 Å². The molecule has 0 spiro atoms. The van der Waals surface area contributed by atoms with Crippen LogP contribution in [-0.2, 0) is 23.7 Å². The lowest BCUT2D eigenvalue weighted by Gasteiger charge is -2.19. The summed E-state index contributed by atoms with van der Waals surface area (Å²) in [6.07, 6.45) is -5.43. The van der Waals surface area contributed by atoms with E-state index < -0.39 is 23.5 Å². The van der Waals surface area contributed by atoms with E-state index in [1.54, 1.807) is 0 Å². The van der Waals surface area contributed by atoms with Gasteiger partial charge in [-0.2, -0.15) is 26.3 Å². The van der Waals surface area contributed by atoms with E-state index in [-0.39, 0.29) is 35.9 Å². The van der Waals surface area contributed by atoms with Crippen LogP contribution in [0.15, 0.2) is 18.2 Å².